The molecule has 0 unspecified atom stereocenters. The molecule has 2 bridgehead atoms. The van der Waals surface area contributed by atoms with Crippen LogP contribution in [-0.2, 0) is 23.1 Å². The van der Waals surface area contributed by atoms with Crippen LogP contribution in [-0.4, -0.2) is 49.8 Å². The van der Waals surface area contributed by atoms with Gasteiger partial charge in [-0.2, -0.15) is 0 Å². The van der Waals surface area contributed by atoms with Gasteiger partial charge < -0.3 is 14.7 Å². The van der Waals surface area contributed by atoms with Crippen LogP contribution in [0, 0.1) is 17.8 Å². The highest BCUT2D eigenvalue weighted by molar-refractivity contribution is 7.90. The molecular weight excluding hydrogens is 598 g/mol. The van der Waals surface area contributed by atoms with Crippen molar-refractivity contribution < 1.29 is 31.8 Å². The number of hydrogen-bond acceptors (Lipinski definition) is 6. The van der Waals surface area contributed by atoms with Crippen LogP contribution in [0.25, 0.3) is 0 Å². The lowest BCUT2D eigenvalue weighted by atomic mass is 9.64. The summed E-state index contributed by atoms with van der Waals surface area (Å²) < 4.78 is 63.7. The summed E-state index contributed by atoms with van der Waals surface area (Å²) in [5, 5.41) is 10.9. The molecular formula is C32H39ClF2N2O5S. The normalized spacial score (nSPS) is 30.5. The maximum atomic E-state index is 14.5. The molecule has 0 radical (unpaired) electrons. The van der Waals surface area contributed by atoms with Gasteiger partial charge in [0.15, 0.2) is 0 Å². The lowest BCUT2D eigenvalue weighted by Crippen LogP contribution is -2.53. The number of carbonyl (C=O) groups excluding carboxylic acids is 1. The largest absolute Gasteiger partial charge is 0.487 e. The average molecular weight is 637 g/mol. The quantitative estimate of drug-likeness (QED) is 0.366. The van der Waals surface area contributed by atoms with E-state index in [1.54, 1.807) is 19.1 Å². The van der Waals surface area contributed by atoms with Crippen molar-refractivity contribution in [1.29, 1.82) is 0 Å². The number of aryl methyl sites for hydroxylation is 1. The maximum absolute atomic E-state index is 14.5. The molecule has 3 aliphatic rings. The third-order valence-electron chi connectivity index (χ3n) is 9.47. The number of ether oxygens (including phenoxy) is 1. The molecule has 7 nitrogen and oxygen atoms in total. The molecule has 1 amide bonds. The summed E-state index contributed by atoms with van der Waals surface area (Å²) in [7, 11) is -4.09. The zero-order chi connectivity index (χ0) is 30.9. The number of allylic oxidation sites excluding steroid dienone is 1. The van der Waals surface area contributed by atoms with Crippen LogP contribution in [0.15, 0.2) is 48.6 Å². The van der Waals surface area contributed by atoms with Gasteiger partial charge in [0, 0.05) is 29.6 Å². The average Bonchev–Trinajstić information content (AvgIpc) is 2.97. The second-order valence-electron chi connectivity index (χ2n) is 12.2. The fourth-order valence-corrected chi connectivity index (χ4v) is 7.85. The predicted molar refractivity (Wildman–Crippen MR) is 163 cm³/mol. The van der Waals surface area contributed by atoms with Crippen molar-refractivity contribution >= 4 is 33.2 Å². The second kappa shape index (κ2) is 12.7. The molecule has 5 rings (SSSR count). The number of benzene rings is 2. The SMILES string of the molecule is C[C@@H]1[C@@H](C)C/C=C/[C@@](O)(C(F)F)[C@@H]2CC[C@H]2CN2CCCCc3cc(Cl)ccc3COc3ccc(cc32)C(=O)NS1(=O)=O. The third-order valence-corrected chi connectivity index (χ3v) is 11.6. The Kier molecular flexibility index (Phi) is 9.40. The van der Waals surface area contributed by atoms with E-state index in [0.717, 1.165) is 30.4 Å². The first-order chi connectivity index (χ1) is 20.4. The highest BCUT2D eigenvalue weighted by Crippen LogP contribution is 2.47. The molecule has 1 aliphatic carbocycles. The van der Waals surface area contributed by atoms with Gasteiger partial charge in [-0.25, -0.2) is 21.9 Å². The number of nitrogens with zero attached hydrogens (tertiary/aromatic N) is 1. The Hall–Kier alpha value is -2.69. The van der Waals surface area contributed by atoms with Crippen LogP contribution < -0.4 is 14.4 Å². The first kappa shape index (κ1) is 31.7. The predicted octanol–water partition coefficient (Wildman–Crippen LogP) is 6.13. The number of amides is 1. The van der Waals surface area contributed by atoms with Crippen LogP contribution in [0.5, 0.6) is 5.75 Å². The molecule has 0 spiro atoms. The highest BCUT2D eigenvalue weighted by Gasteiger charge is 2.51. The van der Waals surface area contributed by atoms with Gasteiger partial charge in [0.05, 0.1) is 10.9 Å². The van der Waals surface area contributed by atoms with E-state index in [4.69, 9.17) is 16.3 Å². The van der Waals surface area contributed by atoms with Crippen molar-refractivity contribution in [2.24, 2.45) is 17.8 Å². The van der Waals surface area contributed by atoms with E-state index in [0.29, 0.717) is 42.4 Å². The van der Waals surface area contributed by atoms with Gasteiger partial charge in [-0.1, -0.05) is 36.7 Å². The molecule has 0 saturated heterocycles. The topological polar surface area (TPSA) is 95.9 Å². The fraction of sp³-hybridized carbons (Fsp3) is 0.531. The van der Waals surface area contributed by atoms with Crippen molar-refractivity contribution in [2.45, 2.75) is 76.3 Å². The molecule has 1 fully saturated rings. The standard InChI is InChI=1S/C32H39ClF2N2O5S/c1-20-6-5-14-32(39,31(34)35)27-12-9-24(27)18-37-15-4-3-7-22-16-26(33)11-8-25(22)19-42-29-13-10-23(17-28(29)37)30(38)36-43(40,41)21(20)2/h5,8,10-11,13-14,16-17,20-21,24,27,31,39H,3-4,6-7,9,12,15,18-19H2,1-2H3,(H,36,38)/b14-5+/t20-,21+,24-,27+,32-/m0/s1. The third kappa shape index (κ3) is 6.71. The Morgan fingerprint density at radius 2 is 1.91 bits per heavy atom. The Labute approximate surface area is 257 Å². The number of sulfonamides is 1. The minimum atomic E-state index is -4.09. The Bertz CT molecular complexity index is 1490. The van der Waals surface area contributed by atoms with E-state index in [2.05, 4.69) is 4.72 Å². The van der Waals surface area contributed by atoms with Crippen molar-refractivity contribution in [3.05, 3.63) is 70.3 Å². The lowest BCUT2D eigenvalue weighted by Gasteiger charge is -2.47. The second-order valence-corrected chi connectivity index (χ2v) is 14.7. The molecule has 234 valence electrons. The maximum Gasteiger partial charge on any atom is 0.270 e. The summed E-state index contributed by atoms with van der Waals surface area (Å²) in [6, 6.07) is 10.5. The minimum absolute atomic E-state index is 0.151. The highest BCUT2D eigenvalue weighted by atomic mass is 35.5. The van der Waals surface area contributed by atoms with Crippen LogP contribution in [0.3, 0.4) is 0 Å². The molecule has 1 saturated carbocycles. The van der Waals surface area contributed by atoms with Crippen molar-refractivity contribution in [1.82, 2.24) is 4.72 Å². The number of alkyl halides is 2. The summed E-state index contributed by atoms with van der Waals surface area (Å²) in [5.74, 6) is -1.64. The van der Waals surface area contributed by atoms with Gasteiger partial charge in [0.25, 0.3) is 12.3 Å². The Morgan fingerprint density at radius 3 is 2.63 bits per heavy atom. The molecule has 2 N–H and O–H groups in total. The molecule has 2 aromatic rings. The smallest absolute Gasteiger partial charge is 0.270 e. The minimum Gasteiger partial charge on any atom is -0.487 e. The molecule has 0 aromatic heterocycles. The number of carbonyl (C=O) groups is 1. The number of fused-ring (bicyclic) bond motifs is 3. The zero-order valence-electron chi connectivity index (χ0n) is 24.4. The van der Waals surface area contributed by atoms with Crippen molar-refractivity contribution in [2.75, 3.05) is 18.0 Å². The van der Waals surface area contributed by atoms with Crippen LogP contribution in [0.2, 0.25) is 5.02 Å². The number of aliphatic hydroxyl groups is 1. The molecule has 2 heterocycles. The van der Waals surface area contributed by atoms with Gasteiger partial charge in [-0.05, 0) is 98.7 Å². The molecule has 11 heteroatoms. The van der Waals surface area contributed by atoms with E-state index < -0.39 is 45.0 Å². The summed E-state index contributed by atoms with van der Waals surface area (Å²) in [4.78, 5) is 15.3. The summed E-state index contributed by atoms with van der Waals surface area (Å²) >= 11 is 6.27. The van der Waals surface area contributed by atoms with Crippen LogP contribution in [0.1, 0.15) is 67.4 Å². The van der Waals surface area contributed by atoms with Gasteiger partial charge in [0.2, 0.25) is 10.0 Å². The number of rotatable bonds is 1. The van der Waals surface area contributed by atoms with E-state index in [9.17, 15) is 27.1 Å². The fourth-order valence-electron chi connectivity index (χ4n) is 6.37. The molecule has 2 aromatic carbocycles. The van der Waals surface area contributed by atoms with E-state index in [-0.39, 0.29) is 24.5 Å². The lowest BCUT2D eigenvalue weighted by molar-refractivity contribution is -0.136. The van der Waals surface area contributed by atoms with Crippen LogP contribution in [0.4, 0.5) is 14.5 Å². The van der Waals surface area contributed by atoms with Gasteiger partial charge in [-0.15, -0.1) is 0 Å². The Morgan fingerprint density at radius 1 is 1.12 bits per heavy atom. The summed E-state index contributed by atoms with van der Waals surface area (Å²) in [6.07, 6.45) is 3.29. The van der Waals surface area contributed by atoms with Gasteiger partial charge in [-0.3, -0.25) is 4.79 Å². The van der Waals surface area contributed by atoms with Gasteiger partial charge in [0.1, 0.15) is 18.0 Å². The first-order valence-corrected chi connectivity index (χ1v) is 16.8. The zero-order valence-corrected chi connectivity index (χ0v) is 26.0. The Balaban J connectivity index is 1.58. The van der Waals surface area contributed by atoms with Crippen LogP contribution >= 0.6 is 11.6 Å². The number of halogens is 3. The number of nitrogens with one attached hydrogen (secondary N) is 1. The van der Waals surface area contributed by atoms with E-state index in [1.165, 1.54) is 25.1 Å². The van der Waals surface area contributed by atoms with E-state index in [1.807, 2.05) is 23.1 Å². The van der Waals surface area contributed by atoms with Crippen molar-refractivity contribution in [3.8, 4) is 5.75 Å². The number of hydrogen-bond donors (Lipinski definition) is 2. The number of anilines is 1. The monoisotopic (exact) mass is 636 g/mol. The molecule has 5 atom stereocenters. The van der Waals surface area contributed by atoms with Gasteiger partial charge >= 0.3 is 0 Å². The van der Waals surface area contributed by atoms with Crippen molar-refractivity contribution in [3.63, 3.8) is 0 Å². The summed E-state index contributed by atoms with van der Waals surface area (Å²) in [5.41, 5.74) is 0.483. The van der Waals surface area contributed by atoms with E-state index >= 15 is 0 Å². The first-order valence-electron chi connectivity index (χ1n) is 14.9. The molecule has 43 heavy (non-hydrogen) atoms. The summed E-state index contributed by atoms with van der Waals surface area (Å²) in [6.45, 7) is 4.34. The molecule has 2 aliphatic heterocycles.